The fourth-order valence-corrected chi connectivity index (χ4v) is 4.16. The first-order valence-electron chi connectivity index (χ1n) is 10.3. The van der Waals surface area contributed by atoms with Gasteiger partial charge in [-0.1, -0.05) is 24.3 Å². The van der Waals surface area contributed by atoms with Crippen molar-refractivity contribution in [2.75, 3.05) is 24.5 Å². The van der Waals surface area contributed by atoms with E-state index < -0.39 is 0 Å². The Morgan fingerprint density at radius 1 is 0.897 bits per heavy atom. The summed E-state index contributed by atoms with van der Waals surface area (Å²) < 4.78 is 1.81. The molecule has 29 heavy (non-hydrogen) atoms. The number of hydrogen-bond donors (Lipinski definition) is 0. The highest BCUT2D eigenvalue weighted by molar-refractivity contribution is 5.92. The number of hydrogen-bond acceptors (Lipinski definition) is 5. The van der Waals surface area contributed by atoms with Gasteiger partial charge in [0.15, 0.2) is 0 Å². The summed E-state index contributed by atoms with van der Waals surface area (Å²) in [5.74, 6) is 1.63. The van der Waals surface area contributed by atoms with Crippen LogP contribution in [0.2, 0.25) is 0 Å². The predicted octanol–water partition coefficient (Wildman–Crippen LogP) is 2.85. The molecule has 2 aliphatic rings. The highest BCUT2D eigenvalue weighted by Gasteiger charge is 2.23. The molecule has 0 radical (unpaired) electrons. The minimum Gasteiger partial charge on any atom is -0.356 e. The van der Waals surface area contributed by atoms with Crippen molar-refractivity contribution in [1.82, 2.24) is 24.4 Å². The molecule has 4 heterocycles. The van der Waals surface area contributed by atoms with Crippen LogP contribution in [0.5, 0.6) is 0 Å². The number of benzene rings is 1. The molecule has 0 unspecified atom stereocenters. The molecule has 0 atom stereocenters. The second kappa shape index (κ2) is 7.66. The highest BCUT2D eigenvalue weighted by Crippen LogP contribution is 2.21. The van der Waals surface area contributed by atoms with Crippen molar-refractivity contribution in [2.45, 2.75) is 32.2 Å². The Bertz CT molecular complexity index is 1020. The van der Waals surface area contributed by atoms with Crippen molar-refractivity contribution in [3.63, 3.8) is 0 Å². The number of carbonyl (C=O) groups excluding carboxylic acids is 1. The zero-order valence-corrected chi connectivity index (χ0v) is 16.4. The average Bonchev–Trinajstić information content (AvgIpc) is 3.29. The molecule has 0 N–H and O–H groups in total. The summed E-state index contributed by atoms with van der Waals surface area (Å²) >= 11 is 0. The van der Waals surface area contributed by atoms with Crippen LogP contribution in [0, 0.1) is 0 Å². The van der Waals surface area contributed by atoms with E-state index in [2.05, 4.69) is 38.1 Å². The molecule has 7 nitrogen and oxygen atoms in total. The van der Waals surface area contributed by atoms with E-state index in [9.17, 15) is 4.79 Å². The lowest BCUT2D eigenvalue weighted by Crippen LogP contribution is -2.36. The SMILES string of the molecule is O=C(c1cn(-c2cc(N3CCCCC3)ncn2)cn1)N1CCc2ccccc2C1. The molecule has 1 saturated heterocycles. The molecule has 3 aromatic rings. The molecule has 1 fully saturated rings. The van der Waals surface area contributed by atoms with Gasteiger partial charge in [0.05, 0.1) is 0 Å². The maximum absolute atomic E-state index is 13.0. The van der Waals surface area contributed by atoms with Crippen molar-refractivity contribution in [3.05, 3.63) is 66.0 Å². The van der Waals surface area contributed by atoms with Crippen LogP contribution in [0.4, 0.5) is 5.82 Å². The third-order valence-electron chi connectivity index (χ3n) is 5.80. The van der Waals surface area contributed by atoms with Gasteiger partial charge in [0.1, 0.15) is 30.0 Å². The summed E-state index contributed by atoms with van der Waals surface area (Å²) in [6.45, 7) is 3.41. The minimum atomic E-state index is -0.0384. The number of amides is 1. The van der Waals surface area contributed by atoms with Gasteiger partial charge in [-0.3, -0.25) is 9.36 Å². The van der Waals surface area contributed by atoms with Crippen LogP contribution in [-0.4, -0.2) is 50.0 Å². The largest absolute Gasteiger partial charge is 0.356 e. The number of piperidine rings is 1. The molecular formula is C22H24N6O. The lowest BCUT2D eigenvalue weighted by Gasteiger charge is -2.28. The van der Waals surface area contributed by atoms with Crippen molar-refractivity contribution >= 4 is 11.7 Å². The van der Waals surface area contributed by atoms with Crippen molar-refractivity contribution in [2.24, 2.45) is 0 Å². The smallest absolute Gasteiger partial charge is 0.274 e. The van der Waals surface area contributed by atoms with Crippen LogP contribution in [0.1, 0.15) is 40.9 Å². The van der Waals surface area contributed by atoms with Gasteiger partial charge in [0.2, 0.25) is 0 Å². The Morgan fingerprint density at radius 2 is 1.69 bits per heavy atom. The van der Waals surface area contributed by atoms with E-state index in [-0.39, 0.29) is 5.91 Å². The molecule has 1 aromatic carbocycles. The molecule has 0 bridgehead atoms. The van der Waals surface area contributed by atoms with Crippen LogP contribution < -0.4 is 4.90 Å². The first-order valence-corrected chi connectivity index (χ1v) is 10.3. The Balaban J connectivity index is 1.34. The van der Waals surface area contributed by atoms with Gasteiger partial charge in [-0.25, -0.2) is 15.0 Å². The average molecular weight is 388 g/mol. The second-order valence-corrected chi connectivity index (χ2v) is 7.69. The van der Waals surface area contributed by atoms with Gasteiger partial charge < -0.3 is 9.80 Å². The molecule has 2 aliphatic heterocycles. The van der Waals surface area contributed by atoms with Crippen molar-refractivity contribution in [3.8, 4) is 5.82 Å². The van der Waals surface area contributed by atoms with E-state index in [4.69, 9.17) is 0 Å². The van der Waals surface area contributed by atoms with Gasteiger partial charge in [0.25, 0.3) is 5.91 Å². The lowest BCUT2D eigenvalue weighted by molar-refractivity contribution is 0.0729. The van der Waals surface area contributed by atoms with Crippen LogP contribution in [-0.2, 0) is 13.0 Å². The van der Waals surface area contributed by atoms with Gasteiger partial charge in [0, 0.05) is 38.4 Å². The van der Waals surface area contributed by atoms with Gasteiger partial charge in [-0.05, 0) is 36.8 Å². The standard InChI is InChI=1S/C22H24N6O/c29-22(27-11-8-17-6-2-3-7-18(17)13-27)19-14-28(16-25-19)21-12-20(23-15-24-21)26-9-4-1-5-10-26/h2-3,6-7,12,14-16H,1,4-5,8-11,13H2. The Morgan fingerprint density at radius 3 is 2.55 bits per heavy atom. The maximum Gasteiger partial charge on any atom is 0.274 e. The Kier molecular flexibility index (Phi) is 4.71. The lowest BCUT2D eigenvalue weighted by atomic mass is 10.00. The Labute approximate surface area is 170 Å². The van der Waals surface area contributed by atoms with Gasteiger partial charge in [-0.15, -0.1) is 0 Å². The number of aromatic nitrogens is 4. The zero-order valence-electron chi connectivity index (χ0n) is 16.4. The molecule has 148 valence electrons. The number of rotatable bonds is 3. The monoisotopic (exact) mass is 388 g/mol. The molecule has 0 saturated carbocycles. The maximum atomic E-state index is 13.0. The van der Waals surface area contributed by atoms with E-state index in [1.54, 1.807) is 23.4 Å². The molecule has 2 aromatic heterocycles. The number of nitrogens with zero attached hydrogens (tertiary/aromatic N) is 6. The van der Waals surface area contributed by atoms with E-state index in [0.29, 0.717) is 12.2 Å². The van der Waals surface area contributed by atoms with Crippen molar-refractivity contribution < 1.29 is 4.79 Å². The fraction of sp³-hybridized carbons (Fsp3) is 0.364. The molecular weight excluding hydrogens is 364 g/mol. The predicted molar refractivity (Wildman–Crippen MR) is 110 cm³/mol. The van der Waals surface area contributed by atoms with Gasteiger partial charge >= 0.3 is 0 Å². The minimum absolute atomic E-state index is 0.0384. The highest BCUT2D eigenvalue weighted by atomic mass is 16.2. The summed E-state index contributed by atoms with van der Waals surface area (Å²) in [4.78, 5) is 30.3. The van der Waals surface area contributed by atoms with Crippen molar-refractivity contribution in [1.29, 1.82) is 0 Å². The third-order valence-corrected chi connectivity index (χ3v) is 5.80. The molecule has 7 heteroatoms. The number of imidazole rings is 1. The number of carbonyl (C=O) groups is 1. The fourth-order valence-electron chi connectivity index (χ4n) is 4.16. The van der Waals surface area contributed by atoms with E-state index in [1.807, 2.05) is 17.0 Å². The number of anilines is 1. The molecule has 1 amide bonds. The third kappa shape index (κ3) is 3.60. The summed E-state index contributed by atoms with van der Waals surface area (Å²) in [7, 11) is 0. The second-order valence-electron chi connectivity index (χ2n) is 7.69. The number of fused-ring (bicyclic) bond motifs is 1. The van der Waals surface area contributed by atoms with E-state index in [1.165, 1.54) is 30.4 Å². The van der Waals surface area contributed by atoms with Crippen LogP contribution in [0.3, 0.4) is 0 Å². The summed E-state index contributed by atoms with van der Waals surface area (Å²) in [6.07, 6.45) is 9.57. The normalized spacial score (nSPS) is 16.6. The quantitative estimate of drug-likeness (QED) is 0.690. The first-order chi connectivity index (χ1) is 14.3. The Hall–Kier alpha value is -3.22. The van der Waals surface area contributed by atoms with Crippen LogP contribution in [0.25, 0.3) is 5.82 Å². The molecule has 5 rings (SSSR count). The van der Waals surface area contributed by atoms with E-state index >= 15 is 0 Å². The topological polar surface area (TPSA) is 67.2 Å². The zero-order chi connectivity index (χ0) is 19.6. The molecule has 0 aliphatic carbocycles. The van der Waals surface area contributed by atoms with Gasteiger partial charge in [-0.2, -0.15) is 0 Å². The van der Waals surface area contributed by atoms with Crippen LogP contribution >= 0.6 is 0 Å². The van der Waals surface area contributed by atoms with Crippen LogP contribution in [0.15, 0.2) is 49.2 Å². The van der Waals surface area contributed by atoms with E-state index in [0.717, 1.165) is 37.7 Å². The summed E-state index contributed by atoms with van der Waals surface area (Å²) in [6, 6.07) is 10.3. The molecule has 0 spiro atoms. The summed E-state index contributed by atoms with van der Waals surface area (Å²) in [5, 5.41) is 0. The summed E-state index contributed by atoms with van der Waals surface area (Å²) in [5.41, 5.74) is 2.99. The first kappa shape index (κ1) is 17.8.